The van der Waals surface area contributed by atoms with E-state index in [0.29, 0.717) is 5.88 Å². The zero-order chi connectivity index (χ0) is 10.7. The molecule has 1 aromatic carbocycles. The van der Waals surface area contributed by atoms with Crippen LogP contribution in [0.25, 0.3) is 0 Å². The second-order valence-electron chi connectivity index (χ2n) is 2.93. The van der Waals surface area contributed by atoms with Gasteiger partial charge in [-0.2, -0.15) is 0 Å². The van der Waals surface area contributed by atoms with Crippen molar-refractivity contribution >= 4 is 49.2 Å². The number of benzene rings is 1. The fourth-order valence-corrected chi connectivity index (χ4v) is 2.82. The SMILES string of the molecule is CC(=O)C(Br)c1cccc(CCl)c1Br. The highest BCUT2D eigenvalue weighted by atomic mass is 79.9. The first-order chi connectivity index (χ1) is 6.57. The Morgan fingerprint density at radius 2 is 2.21 bits per heavy atom. The number of rotatable bonds is 3. The normalized spacial score (nSPS) is 12.6. The van der Waals surface area contributed by atoms with Crippen LogP contribution < -0.4 is 0 Å². The summed E-state index contributed by atoms with van der Waals surface area (Å²) in [4.78, 5) is 10.9. The third-order valence-corrected chi connectivity index (χ3v) is 4.28. The van der Waals surface area contributed by atoms with Gasteiger partial charge in [0.15, 0.2) is 0 Å². The highest BCUT2D eigenvalue weighted by Crippen LogP contribution is 2.33. The van der Waals surface area contributed by atoms with Gasteiger partial charge in [-0.25, -0.2) is 0 Å². The lowest BCUT2D eigenvalue weighted by atomic mass is 10.1. The molecule has 0 aromatic heterocycles. The Hall–Kier alpha value is 0.140. The summed E-state index contributed by atoms with van der Waals surface area (Å²) in [5.41, 5.74) is 1.92. The van der Waals surface area contributed by atoms with E-state index >= 15 is 0 Å². The van der Waals surface area contributed by atoms with E-state index in [-0.39, 0.29) is 10.6 Å². The summed E-state index contributed by atoms with van der Waals surface area (Å²) in [5.74, 6) is 0.518. The summed E-state index contributed by atoms with van der Waals surface area (Å²) in [5, 5.41) is 0. The number of ketones is 1. The first-order valence-electron chi connectivity index (χ1n) is 4.05. The van der Waals surface area contributed by atoms with Crippen molar-refractivity contribution in [3.05, 3.63) is 33.8 Å². The third-order valence-electron chi connectivity index (χ3n) is 1.88. The Labute approximate surface area is 105 Å². The lowest BCUT2D eigenvalue weighted by Gasteiger charge is -2.11. The first kappa shape index (κ1) is 12.2. The second-order valence-corrected chi connectivity index (χ2v) is 4.90. The van der Waals surface area contributed by atoms with Crippen LogP contribution in [-0.2, 0) is 10.7 Å². The van der Waals surface area contributed by atoms with Crippen LogP contribution in [0.3, 0.4) is 0 Å². The molecule has 1 nitrogen and oxygen atoms in total. The van der Waals surface area contributed by atoms with Crippen LogP contribution in [0.15, 0.2) is 22.7 Å². The third kappa shape index (κ3) is 2.59. The van der Waals surface area contributed by atoms with Crippen LogP contribution in [-0.4, -0.2) is 5.78 Å². The summed E-state index contributed by atoms with van der Waals surface area (Å²) >= 11 is 12.5. The lowest BCUT2D eigenvalue weighted by molar-refractivity contribution is -0.116. The molecule has 4 heteroatoms. The monoisotopic (exact) mass is 338 g/mol. The predicted octanol–water partition coefficient (Wildman–Crippen LogP) is 4.21. The molecular formula is C10H9Br2ClO. The minimum atomic E-state index is -0.264. The Morgan fingerprint density at radius 3 is 2.71 bits per heavy atom. The Bertz CT molecular complexity index is 352. The molecule has 14 heavy (non-hydrogen) atoms. The van der Waals surface area contributed by atoms with E-state index < -0.39 is 0 Å². The molecular weight excluding hydrogens is 331 g/mol. The van der Waals surface area contributed by atoms with Gasteiger partial charge in [0.25, 0.3) is 0 Å². The van der Waals surface area contributed by atoms with Gasteiger partial charge in [-0.1, -0.05) is 50.1 Å². The molecule has 0 radical (unpaired) electrons. The Balaban J connectivity index is 3.15. The fourth-order valence-electron chi connectivity index (χ4n) is 1.12. The van der Waals surface area contributed by atoms with Crippen LogP contribution in [0.5, 0.6) is 0 Å². The molecule has 0 aliphatic rings. The molecule has 0 saturated carbocycles. The number of hydrogen-bond donors (Lipinski definition) is 0. The van der Waals surface area contributed by atoms with E-state index in [9.17, 15) is 4.79 Å². The molecule has 0 fully saturated rings. The molecule has 0 aliphatic carbocycles. The molecule has 0 aliphatic heterocycles. The molecule has 0 amide bonds. The Morgan fingerprint density at radius 1 is 1.57 bits per heavy atom. The van der Waals surface area contributed by atoms with Crippen molar-refractivity contribution in [1.82, 2.24) is 0 Å². The summed E-state index contributed by atoms with van der Waals surface area (Å²) in [6.45, 7) is 1.55. The average molecular weight is 340 g/mol. The topological polar surface area (TPSA) is 17.1 Å². The number of carbonyl (C=O) groups is 1. The van der Waals surface area contributed by atoms with Gasteiger partial charge in [-0.05, 0) is 18.1 Å². The van der Waals surface area contributed by atoms with Crippen LogP contribution in [0.4, 0.5) is 0 Å². The smallest absolute Gasteiger partial charge is 0.147 e. The van der Waals surface area contributed by atoms with Crippen molar-refractivity contribution in [3.63, 3.8) is 0 Å². The van der Waals surface area contributed by atoms with E-state index in [0.717, 1.165) is 15.6 Å². The summed E-state index contributed by atoms with van der Waals surface area (Å²) < 4.78 is 0.909. The van der Waals surface area contributed by atoms with Crippen molar-refractivity contribution in [1.29, 1.82) is 0 Å². The van der Waals surface area contributed by atoms with Crippen LogP contribution in [0.1, 0.15) is 22.9 Å². The van der Waals surface area contributed by atoms with E-state index in [1.807, 2.05) is 18.2 Å². The molecule has 1 aromatic rings. The lowest BCUT2D eigenvalue weighted by Crippen LogP contribution is -2.02. The van der Waals surface area contributed by atoms with Crippen LogP contribution in [0.2, 0.25) is 0 Å². The number of carbonyl (C=O) groups excluding carboxylic acids is 1. The largest absolute Gasteiger partial charge is 0.298 e. The fraction of sp³-hybridized carbons (Fsp3) is 0.300. The molecule has 0 bridgehead atoms. The number of halogens is 3. The van der Waals surface area contributed by atoms with Crippen LogP contribution in [0, 0.1) is 0 Å². The molecule has 1 atom stereocenters. The zero-order valence-corrected chi connectivity index (χ0v) is 11.5. The van der Waals surface area contributed by atoms with Gasteiger partial charge in [0.2, 0.25) is 0 Å². The minimum Gasteiger partial charge on any atom is -0.298 e. The number of alkyl halides is 2. The van der Waals surface area contributed by atoms with Gasteiger partial charge in [0, 0.05) is 10.4 Å². The zero-order valence-electron chi connectivity index (χ0n) is 7.56. The van der Waals surface area contributed by atoms with Gasteiger partial charge in [-0.15, -0.1) is 11.6 Å². The van der Waals surface area contributed by atoms with Gasteiger partial charge in [0.1, 0.15) is 5.78 Å². The Kier molecular flexibility index (Phi) is 4.61. The van der Waals surface area contributed by atoms with Gasteiger partial charge in [0.05, 0.1) is 4.83 Å². The van der Waals surface area contributed by atoms with E-state index in [1.165, 1.54) is 0 Å². The average Bonchev–Trinajstić information content (AvgIpc) is 2.17. The highest BCUT2D eigenvalue weighted by Gasteiger charge is 2.16. The first-order valence-corrected chi connectivity index (χ1v) is 6.30. The number of hydrogen-bond acceptors (Lipinski definition) is 1. The second kappa shape index (κ2) is 5.29. The molecule has 1 rings (SSSR count). The van der Waals surface area contributed by atoms with Crippen LogP contribution >= 0.6 is 43.5 Å². The van der Waals surface area contributed by atoms with Gasteiger partial charge in [-0.3, -0.25) is 4.79 Å². The molecule has 76 valence electrons. The maximum Gasteiger partial charge on any atom is 0.147 e. The standard InChI is InChI=1S/C10H9Br2ClO/c1-6(14)9(11)8-4-2-3-7(5-13)10(8)12/h2-4,9H,5H2,1H3. The van der Waals surface area contributed by atoms with E-state index in [1.54, 1.807) is 6.92 Å². The van der Waals surface area contributed by atoms with Crippen molar-refractivity contribution in [2.45, 2.75) is 17.6 Å². The predicted molar refractivity (Wildman–Crippen MR) is 66.0 cm³/mol. The van der Waals surface area contributed by atoms with Crippen molar-refractivity contribution in [3.8, 4) is 0 Å². The van der Waals surface area contributed by atoms with Gasteiger partial charge < -0.3 is 0 Å². The van der Waals surface area contributed by atoms with E-state index in [4.69, 9.17) is 11.6 Å². The van der Waals surface area contributed by atoms with Crippen molar-refractivity contribution in [2.24, 2.45) is 0 Å². The molecule has 0 N–H and O–H groups in total. The van der Waals surface area contributed by atoms with E-state index in [2.05, 4.69) is 31.9 Å². The maximum atomic E-state index is 11.2. The van der Waals surface area contributed by atoms with Crippen molar-refractivity contribution < 1.29 is 4.79 Å². The summed E-state index contributed by atoms with van der Waals surface area (Å²) in [7, 11) is 0. The maximum absolute atomic E-state index is 11.2. The minimum absolute atomic E-state index is 0.0809. The summed E-state index contributed by atoms with van der Waals surface area (Å²) in [6.07, 6.45) is 0. The molecule has 1 unspecified atom stereocenters. The summed E-state index contributed by atoms with van der Waals surface area (Å²) in [6, 6.07) is 5.73. The highest BCUT2D eigenvalue weighted by molar-refractivity contribution is 9.11. The number of Topliss-reactive ketones (excluding diaryl/α,β-unsaturated/α-hetero) is 1. The van der Waals surface area contributed by atoms with Gasteiger partial charge >= 0.3 is 0 Å². The van der Waals surface area contributed by atoms with Crippen molar-refractivity contribution in [2.75, 3.05) is 0 Å². The molecule has 0 spiro atoms. The molecule has 0 heterocycles. The molecule has 0 saturated heterocycles. The quantitative estimate of drug-likeness (QED) is 0.753.